The first-order valence-electron chi connectivity index (χ1n) is 6.53. The topological polar surface area (TPSA) is 40.7 Å². The number of rotatable bonds is 6. The zero-order chi connectivity index (χ0) is 14.5. The van der Waals surface area contributed by atoms with Crippen LogP contribution in [0, 0.1) is 5.82 Å². The molecule has 1 aromatic heterocycles. The number of hydrogen-bond acceptors (Lipinski definition) is 2. The first-order valence-corrected chi connectivity index (χ1v) is 7.70. The van der Waals surface area contributed by atoms with Gasteiger partial charge in [-0.3, -0.25) is 0 Å². The number of hydrogen-bond donors (Lipinski definition) is 2. The van der Waals surface area contributed by atoms with E-state index in [1.165, 1.54) is 6.07 Å². The molecule has 6 heteroatoms. The minimum absolute atomic E-state index is 0.304. The lowest BCUT2D eigenvalue weighted by Gasteiger charge is -2.08. The molecule has 0 saturated heterocycles. The van der Waals surface area contributed by atoms with Crippen molar-refractivity contribution in [1.29, 1.82) is 0 Å². The minimum atomic E-state index is -0.304. The van der Waals surface area contributed by atoms with Crippen LogP contribution < -0.4 is 5.32 Å². The van der Waals surface area contributed by atoms with Crippen molar-refractivity contribution >= 4 is 33.2 Å². The lowest BCUT2D eigenvalue weighted by atomic mass is 10.2. The fraction of sp³-hybridized carbons (Fsp3) is 0.357. The fourth-order valence-corrected chi connectivity index (χ4v) is 2.56. The largest absolute Gasteiger partial charge is 0.376 e. The van der Waals surface area contributed by atoms with Gasteiger partial charge in [-0.1, -0.05) is 31.0 Å². The molecule has 20 heavy (non-hydrogen) atoms. The van der Waals surface area contributed by atoms with E-state index in [2.05, 4.69) is 38.1 Å². The van der Waals surface area contributed by atoms with Gasteiger partial charge in [0.1, 0.15) is 11.6 Å². The van der Waals surface area contributed by atoms with Crippen LogP contribution in [0.1, 0.15) is 31.3 Å². The molecule has 0 spiro atoms. The molecule has 2 rings (SSSR count). The SMILES string of the molecule is CCCCc1nc(Cl)c(CNc2c(F)cccc2Br)[nH]1. The summed E-state index contributed by atoms with van der Waals surface area (Å²) in [7, 11) is 0. The first-order chi connectivity index (χ1) is 9.61. The maximum absolute atomic E-state index is 13.7. The van der Waals surface area contributed by atoms with Crippen LogP contribution in [0.25, 0.3) is 0 Å². The second kappa shape index (κ2) is 7.09. The number of anilines is 1. The number of aromatic nitrogens is 2. The highest BCUT2D eigenvalue weighted by atomic mass is 79.9. The summed E-state index contributed by atoms with van der Waals surface area (Å²) < 4.78 is 14.4. The molecule has 0 unspecified atom stereocenters. The average Bonchev–Trinajstić information content (AvgIpc) is 2.76. The lowest BCUT2D eigenvalue weighted by Crippen LogP contribution is -2.03. The Balaban J connectivity index is 2.05. The molecule has 108 valence electrons. The van der Waals surface area contributed by atoms with Crippen LogP contribution >= 0.6 is 27.5 Å². The van der Waals surface area contributed by atoms with E-state index in [4.69, 9.17) is 11.6 Å². The minimum Gasteiger partial charge on any atom is -0.376 e. The number of benzene rings is 1. The van der Waals surface area contributed by atoms with Gasteiger partial charge in [-0.2, -0.15) is 0 Å². The van der Waals surface area contributed by atoms with Crippen LogP contribution in [0.4, 0.5) is 10.1 Å². The molecule has 1 heterocycles. The van der Waals surface area contributed by atoms with Crippen LogP contribution in [0.15, 0.2) is 22.7 Å². The number of unbranched alkanes of at least 4 members (excludes halogenated alkanes) is 1. The van der Waals surface area contributed by atoms with E-state index in [1.807, 2.05) is 0 Å². The third-order valence-corrected chi connectivity index (χ3v) is 3.92. The van der Waals surface area contributed by atoms with Crippen LogP contribution in [0.3, 0.4) is 0 Å². The smallest absolute Gasteiger partial charge is 0.152 e. The Bertz CT molecular complexity index is 566. The quantitative estimate of drug-likeness (QED) is 0.767. The summed E-state index contributed by atoms with van der Waals surface area (Å²) in [4.78, 5) is 7.45. The van der Waals surface area contributed by atoms with Gasteiger partial charge in [-0.25, -0.2) is 9.37 Å². The van der Waals surface area contributed by atoms with Gasteiger partial charge in [0, 0.05) is 10.9 Å². The highest BCUT2D eigenvalue weighted by Gasteiger charge is 2.10. The third-order valence-electron chi connectivity index (χ3n) is 2.95. The van der Waals surface area contributed by atoms with Crippen molar-refractivity contribution in [1.82, 2.24) is 9.97 Å². The van der Waals surface area contributed by atoms with Gasteiger partial charge in [-0.15, -0.1) is 0 Å². The van der Waals surface area contributed by atoms with E-state index in [-0.39, 0.29) is 5.82 Å². The number of H-pyrrole nitrogens is 1. The van der Waals surface area contributed by atoms with Crippen molar-refractivity contribution < 1.29 is 4.39 Å². The molecule has 3 nitrogen and oxygen atoms in total. The number of nitrogens with one attached hydrogen (secondary N) is 2. The average molecular weight is 361 g/mol. The Kier molecular flexibility index (Phi) is 5.43. The molecule has 0 aliphatic heterocycles. The van der Waals surface area contributed by atoms with Crippen molar-refractivity contribution in [2.75, 3.05) is 5.32 Å². The van der Waals surface area contributed by atoms with Crippen LogP contribution in [0.5, 0.6) is 0 Å². The Morgan fingerprint density at radius 1 is 1.45 bits per heavy atom. The summed E-state index contributed by atoms with van der Waals surface area (Å²) in [5.41, 5.74) is 1.20. The molecule has 2 aromatic rings. The van der Waals surface area contributed by atoms with Crippen LogP contribution in [-0.4, -0.2) is 9.97 Å². The van der Waals surface area contributed by atoms with Gasteiger partial charge >= 0.3 is 0 Å². The van der Waals surface area contributed by atoms with Crippen molar-refractivity contribution in [2.45, 2.75) is 32.7 Å². The van der Waals surface area contributed by atoms with Crippen LogP contribution in [0.2, 0.25) is 5.15 Å². The predicted molar refractivity (Wildman–Crippen MR) is 83.6 cm³/mol. The normalized spacial score (nSPS) is 10.8. The maximum Gasteiger partial charge on any atom is 0.152 e. The number of halogens is 3. The molecule has 0 aliphatic rings. The van der Waals surface area contributed by atoms with Gasteiger partial charge < -0.3 is 10.3 Å². The van der Waals surface area contributed by atoms with Crippen molar-refractivity contribution in [3.05, 3.63) is 45.2 Å². The standard InChI is InChI=1S/C14H16BrClFN3/c1-2-3-7-12-19-11(14(16)20-12)8-18-13-9(15)5-4-6-10(13)17/h4-6,18H,2-3,7-8H2,1H3,(H,19,20). The Morgan fingerprint density at radius 3 is 2.95 bits per heavy atom. The number of aryl methyl sites for hydroxylation is 1. The summed E-state index contributed by atoms with van der Waals surface area (Å²) in [6.07, 6.45) is 3.04. The molecule has 2 N–H and O–H groups in total. The molecular formula is C14H16BrClFN3. The van der Waals surface area contributed by atoms with Gasteiger partial charge in [0.25, 0.3) is 0 Å². The monoisotopic (exact) mass is 359 g/mol. The first kappa shape index (κ1) is 15.3. The Hall–Kier alpha value is -1.07. The number of imidazole rings is 1. The van der Waals surface area contributed by atoms with Gasteiger partial charge in [0.05, 0.1) is 17.9 Å². The number of para-hydroxylation sites is 1. The second-order valence-corrected chi connectivity index (χ2v) is 5.72. The van der Waals surface area contributed by atoms with E-state index >= 15 is 0 Å². The molecule has 0 fully saturated rings. The molecule has 0 atom stereocenters. The fourth-order valence-electron chi connectivity index (χ4n) is 1.86. The summed E-state index contributed by atoms with van der Waals surface area (Å²) in [5.74, 6) is 0.572. The molecular weight excluding hydrogens is 345 g/mol. The lowest BCUT2D eigenvalue weighted by molar-refractivity contribution is 0.629. The van der Waals surface area contributed by atoms with E-state index in [1.54, 1.807) is 12.1 Å². The third kappa shape index (κ3) is 3.73. The van der Waals surface area contributed by atoms with Gasteiger partial charge in [0.15, 0.2) is 5.15 Å². The molecule has 0 saturated carbocycles. The zero-order valence-corrected chi connectivity index (χ0v) is 13.5. The molecule has 0 radical (unpaired) electrons. The summed E-state index contributed by atoms with van der Waals surface area (Å²) in [6.45, 7) is 2.53. The summed E-state index contributed by atoms with van der Waals surface area (Å²) >= 11 is 9.40. The molecule has 0 bridgehead atoms. The molecule has 1 aromatic carbocycles. The van der Waals surface area contributed by atoms with Crippen molar-refractivity contribution in [3.8, 4) is 0 Å². The second-order valence-electron chi connectivity index (χ2n) is 4.51. The zero-order valence-electron chi connectivity index (χ0n) is 11.1. The van der Waals surface area contributed by atoms with Crippen LogP contribution in [-0.2, 0) is 13.0 Å². The number of nitrogens with zero attached hydrogens (tertiary/aromatic N) is 1. The van der Waals surface area contributed by atoms with E-state index < -0.39 is 0 Å². The molecule has 0 aliphatic carbocycles. The van der Waals surface area contributed by atoms with E-state index in [0.29, 0.717) is 21.9 Å². The van der Waals surface area contributed by atoms with Gasteiger partial charge in [-0.05, 0) is 34.5 Å². The van der Waals surface area contributed by atoms with Gasteiger partial charge in [0.2, 0.25) is 0 Å². The van der Waals surface area contributed by atoms with Crippen molar-refractivity contribution in [2.24, 2.45) is 0 Å². The molecule has 0 amide bonds. The number of aromatic amines is 1. The predicted octanol–water partition coefficient (Wildman–Crippen LogP) is 4.92. The van der Waals surface area contributed by atoms with Crippen molar-refractivity contribution in [3.63, 3.8) is 0 Å². The van der Waals surface area contributed by atoms with E-state index in [9.17, 15) is 4.39 Å². The summed E-state index contributed by atoms with van der Waals surface area (Å²) in [6, 6.07) is 4.84. The highest BCUT2D eigenvalue weighted by Crippen LogP contribution is 2.26. The Labute approximate surface area is 131 Å². The summed E-state index contributed by atoms with van der Waals surface area (Å²) in [5, 5.41) is 3.47. The Morgan fingerprint density at radius 2 is 2.25 bits per heavy atom. The van der Waals surface area contributed by atoms with E-state index in [0.717, 1.165) is 30.8 Å². The maximum atomic E-state index is 13.7. The highest BCUT2D eigenvalue weighted by molar-refractivity contribution is 9.10.